The minimum absolute atomic E-state index is 0.642. The lowest BCUT2D eigenvalue weighted by atomic mass is 10.2. The summed E-state index contributed by atoms with van der Waals surface area (Å²) in [7, 11) is 1.91. The van der Waals surface area contributed by atoms with Crippen LogP contribution >= 0.6 is 11.3 Å². The van der Waals surface area contributed by atoms with Gasteiger partial charge in [-0.1, -0.05) is 30.3 Å². The Morgan fingerprint density at radius 1 is 1.13 bits per heavy atom. The molecule has 1 N–H and O–H groups in total. The molecule has 0 saturated carbocycles. The van der Waals surface area contributed by atoms with Gasteiger partial charge < -0.3 is 5.32 Å². The lowest BCUT2D eigenvalue weighted by Gasteiger charge is -2.03. The number of anilines is 1. The number of benzene rings is 1. The number of hydrogen-bond acceptors (Lipinski definition) is 5. The van der Waals surface area contributed by atoms with Crippen LogP contribution in [0.2, 0.25) is 0 Å². The van der Waals surface area contributed by atoms with Gasteiger partial charge in [0, 0.05) is 18.1 Å². The van der Waals surface area contributed by atoms with Gasteiger partial charge in [-0.3, -0.25) is 4.68 Å². The molecule has 0 spiro atoms. The van der Waals surface area contributed by atoms with E-state index in [-0.39, 0.29) is 0 Å². The van der Waals surface area contributed by atoms with Crippen LogP contribution in [-0.4, -0.2) is 19.7 Å². The van der Waals surface area contributed by atoms with Crippen molar-refractivity contribution in [3.05, 3.63) is 60.7 Å². The molecule has 114 valence electrons. The Morgan fingerprint density at radius 2 is 2.00 bits per heavy atom. The van der Waals surface area contributed by atoms with Crippen LogP contribution in [-0.2, 0) is 13.6 Å². The molecule has 23 heavy (non-hydrogen) atoms. The van der Waals surface area contributed by atoms with E-state index in [2.05, 4.69) is 38.6 Å². The van der Waals surface area contributed by atoms with E-state index in [1.54, 1.807) is 22.3 Å². The Balaban J connectivity index is 1.66. The second-order valence-electron chi connectivity index (χ2n) is 5.25. The molecule has 0 aliphatic rings. The summed E-state index contributed by atoms with van der Waals surface area (Å²) in [6.45, 7) is 0.642. The second-order valence-corrected chi connectivity index (χ2v) is 6.28. The minimum Gasteiger partial charge on any atom is -0.364 e. The zero-order valence-electron chi connectivity index (χ0n) is 12.6. The second kappa shape index (κ2) is 5.81. The van der Waals surface area contributed by atoms with Crippen LogP contribution in [0.5, 0.6) is 0 Å². The fourth-order valence-electron chi connectivity index (χ4n) is 2.47. The SMILES string of the molecule is Cn1ccc(CNc2ncnc3sc(-c4ccccc4)cc23)n1. The van der Waals surface area contributed by atoms with Gasteiger partial charge in [0.05, 0.1) is 17.6 Å². The van der Waals surface area contributed by atoms with Crippen molar-refractivity contribution in [3.8, 4) is 10.4 Å². The number of rotatable bonds is 4. The Kier molecular flexibility index (Phi) is 3.51. The molecule has 3 aromatic heterocycles. The van der Waals surface area contributed by atoms with Gasteiger partial charge in [-0.2, -0.15) is 5.10 Å². The molecule has 6 heteroatoms. The van der Waals surface area contributed by atoms with Crippen LogP contribution in [0.3, 0.4) is 0 Å². The van der Waals surface area contributed by atoms with E-state index in [1.165, 1.54) is 10.4 Å². The van der Waals surface area contributed by atoms with Gasteiger partial charge >= 0.3 is 0 Å². The van der Waals surface area contributed by atoms with Crippen LogP contribution in [0.1, 0.15) is 5.69 Å². The van der Waals surface area contributed by atoms with E-state index in [0.29, 0.717) is 6.54 Å². The highest BCUT2D eigenvalue weighted by atomic mass is 32.1. The normalized spacial score (nSPS) is 11.0. The molecule has 0 unspecified atom stereocenters. The van der Waals surface area contributed by atoms with Gasteiger partial charge in [0.2, 0.25) is 0 Å². The molecule has 1 aromatic carbocycles. The monoisotopic (exact) mass is 321 g/mol. The van der Waals surface area contributed by atoms with Crippen LogP contribution in [0.15, 0.2) is 55.0 Å². The lowest BCUT2D eigenvalue weighted by Crippen LogP contribution is -2.03. The zero-order chi connectivity index (χ0) is 15.6. The molecule has 0 fully saturated rings. The largest absolute Gasteiger partial charge is 0.364 e. The number of fused-ring (bicyclic) bond motifs is 1. The maximum absolute atomic E-state index is 4.39. The Labute approximate surface area is 137 Å². The third kappa shape index (κ3) is 2.80. The summed E-state index contributed by atoms with van der Waals surface area (Å²) < 4.78 is 1.80. The first kappa shape index (κ1) is 13.9. The van der Waals surface area contributed by atoms with E-state index in [9.17, 15) is 0 Å². The molecule has 4 aromatic rings. The lowest BCUT2D eigenvalue weighted by molar-refractivity contribution is 0.747. The number of hydrogen-bond donors (Lipinski definition) is 1. The zero-order valence-corrected chi connectivity index (χ0v) is 13.4. The van der Waals surface area contributed by atoms with Crippen LogP contribution < -0.4 is 5.32 Å². The van der Waals surface area contributed by atoms with Crippen LogP contribution in [0.25, 0.3) is 20.7 Å². The van der Waals surface area contributed by atoms with Crippen molar-refractivity contribution in [1.29, 1.82) is 0 Å². The summed E-state index contributed by atoms with van der Waals surface area (Å²) in [5.41, 5.74) is 2.18. The van der Waals surface area contributed by atoms with Crippen molar-refractivity contribution in [3.63, 3.8) is 0 Å². The number of nitrogens with one attached hydrogen (secondary N) is 1. The Bertz CT molecular complexity index is 942. The van der Waals surface area contributed by atoms with Gasteiger partial charge in [-0.05, 0) is 17.7 Å². The van der Waals surface area contributed by atoms with Crippen molar-refractivity contribution in [2.24, 2.45) is 7.05 Å². The van der Waals surface area contributed by atoms with Gasteiger partial charge in [-0.25, -0.2) is 9.97 Å². The summed E-state index contributed by atoms with van der Waals surface area (Å²) in [4.78, 5) is 11.0. The predicted octanol–water partition coefficient (Wildman–Crippen LogP) is 3.70. The summed E-state index contributed by atoms with van der Waals surface area (Å²) in [5, 5.41) is 8.78. The molecule has 4 rings (SSSR count). The predicted molar refractivity (Wildman–Crippen MR) is 93.4 cm³/mol. The molecule has 0 saturated heterocycles. The maximum atomic E-state index is 4.39. The van der Waals surface area contributed by atoms with E-state index >= 15 is 0 Å². The average Bonchev–Trinajstić information content (AvgIpc) is 3.20. The quantitative estimate of drug-likeness (QED) is 0.622. The standard InChI is InChI=1S/C17H15N5S/c1-22-8-7-13(21-22)10-18-16-14-9-15(12-5-3-2-4-6-12)23-17(14)20-11-19-16/h2-9,11H,10H2,1H3,(H,18,19,20). The van der Waals surface area contributed by atoms with Gasteiger partial charge in [0.1, 0.15) is 17.0 Å². The summed E-state index contributed by atoms with van der Waals surface area (Å²) in [6, 6.07) is 14.5. The Morgan fingerprint density at radius 3 is 2.78 bits per heavy atom. The topological polar surface area (TPSA) is 55.6 Å². The molecule has 0 aliphatic heterocycles. The minimum atomic E-state index is 0.642. The average molecular weight is 321 g/mol. The number of aromatic nitrogens is 4. The number of thiophene rings is 1. The fourth-order valence-corrected chi connectivity index (χ4v) is 3.48. The fraction of sp³-hybridized carbons (Fsp3) is 0.118. The molecule has 5 nitrogen and oxygen atoms in total. The molecular weight excluding hydrogens is 306 g/mol. The molecule has 0 aliphatic carbocycles. The smallest absolute Gasteiger partial charge is 0.138 e. The highest BCUT2D eigenvalue weighted by Gasteiger charge is 2.10. The first-order chi connectivity index (χ1) is 11.3. The molecule has 0 amide bonds. The first-order valence-corrected chi connectivity index (χ1v) is 8.13. The highest BCUT2D eigenvalue weighted by Crippen LogP contribution is 2.34. The number of aryl methyl sites for hydroxylation is 1. The molecule has 0 bridgehead atoms. The van der Waals surface area contributed by atoms with Crippen molar-refractivity contribution >= 4 is 27.4 Å². The van der Waals surface area contributed by atoms with Gasteiger partial charge in [-0.15, -0.1) is 11.3 Å². The van der Waals surface area contributed by atoms with Crippen LogP contribution in [0, 0.1) is 0 Å². The van der Waals surface area contributed by atoms with Crippen molar-refractivity contribution < 1.29 is 0 Å². The van der Waals surface area contributed by atoms with Gasteiger partial charge in [0.15, 0.2) is 0 Å². The molecule has 0 radical (unpaired) electrons. The van der Waals surface area contributed by atoms with Crippen LogP contribution in [0.4, 0.5) is 5.82 Å². The molecular formula is C17H15N5S. The third-order valence-electron chi connectivity index (χ3n) is 3.59. The number of nitrogens with zero attached hydrogens (tertiary/aromatic N) is 4. The van der Waals surface area contributed by atoms with Gasteiger partial charge in [0.25, 0.3) is 0 Å². The Hall–Kier alpha value is -2.73. The highest BCUT2D eigenvalue weighted by molar-refractivity contribution is 7.21. The maximum Gasteiger partial charge on any atom is 0.138 e. The van der Waals surface area contributed by atoms with Crippen molar-refractivity contribution in [2.75, 3.05) is 5.32 Å². The summed E-state index contributed by atoms with van der Waals surface area (Å²) in [6.07, 6.45) is 3.54. The first-order valence-electron chi connectivity index (χ1n) is 7.32. The molecule has 3 heterocycles. The van der Waals surface area contributed by atoms with E-state index in [0.717, 1.165) is 21.7 Å². The summed E-state index contributed by atoms with van der Waals surface area (Å²) in [5.74, 6) is 0.846. The van der Waals surface area contributed by atoms with Crippen molar-refractivity contribution in [1.82, 2.24) is 19.7 Å². The van der Waals surface area contributed by atoms with E-state index < -0.39 is 0 Å². The third-order valence-corrected chi connectivity index (χ3v) is 4.69. The van der Waals surface area contributed by atoms with E-state index in [1.807, 2.05) is 37.5 Å². The van der Waals surface area contributed by atoms with Crippen molar-refractivity contribution in [2.45, 2.75) is 6.54 Å². The molecule has 0 atom stereocenters. The van der Waals surface area contributed by atoms with E-state index in [4.69, 9.17) is 0 Å². The summed E-state index contributed by atoms with van der Waals surface area (Å²) >= 11 is 1.68.